The number of carbonyl (C=O) groups excluding carboxylic acids is 1. The summed E-state index contributed by atoms with van der Waals surface area (Å²) in [6, 6.07) is 10.3. The number of likely N-dealkylation sites (tertiary alicyclic amines) is 1. The predicted molar refractivity (Wildman–Crippen MR) is 116 cm³/mol. The molecule has 0 radical (unpaired) electrons. The molecule has 3 aromatic heterocycles. The van der Waals surface area contributed by atoms with Gasteiger partial charge in [0, 0.05) is 35.6 Å². The third-order valence-electron chi connectivity index (χ3n) is 5.29. The number of aliphatic carboxylic acids is 1. The number of rotatable bonds is 5. The minimum Gasteiger partial charge on any atom is -0.480 e. The van der Waals surface area contributed by atoms with Gasteiger partial charge in [-0.25, -0.2) is 9.78 Å². The van der Waals surface area contributed by atoms with Crippen molar-refractivity contribution in [2.75, 3.05) is 11.9 Å². The maximum atomic E-state index is 13.1. The summed E-state index contributed by atoms with van der Waals surface area (Å²) in [4.78, 5) is 30.2. The van der Waals surface area contributed by atoms with Gasteiger partial charge in [0.15, 0.2) is 16.6 Å². The number of carboxylic acids is 1. The summed E-state index contributed by atoms with van der Waals surface area (Å²) in [5.74, 6) is -0.717. The number of fused-ring (bicyclic) bond motifs is 1. The van der Waals surface area contributed by atoms with Crippen LogP contribution in [0.2, 0.25) is 0 Å². The number of pyridine rings is 1. The summed E-state index contributed by atoms with van der Waals surface area (Å²) in [5, 5.41) is 23.9. The summed E-state index contributed by atoms with van der Waals surface area (Å²) in [7, 11) is 0. The monoisotopic (exact) mass is 434 g/mol. The minimum atomic E-state index is -0.980. The number of anilines is 2. The quantitative estimate of drug-likeness (QED) is 0.496. The standard InChI is InChI=1S/C21H18N6O3S/c28-19(26-10-2-4-16(26)20(29)30)15-3-1-11-27-17(24-25-18(15)27)13-5-7-14(8-6-13)23-21-22-9-12-31-21/h1,3,5-9,11-12,16H,2,4,10H2,(H,22,23)(H,29,30)/t16-/m0/s1. The molecule has 1 aliphatic rings. The van der Waals surface area contributed by atoms with E-state index in [1.165, 1.54) is 16.2 Å². The van der Waals surface area contributed by atoms with Gasteiger partial charge in [-0.15, -0.1) is 21.5 Å². The number of nitrogens with one attached hydrogen (secondary N) is 1. The van der Waals surface area contributed by atoms with Crippen molar-refractivity contribution in [1.82, 2.24) is 24.5 Å². The molecule has 5 rings (SSSR count). The molecule has 0 aliphatic carbocycles. The van der Waals surface area contributed by atoms with Gasteiger partial charge >= 0.3 is 5.97 Å². The first-order chi connectivity index (χ1) is 15.1. The van der Waals surface area contributed by atoms with E-state index in [0.717, 1.165) is 16.4 Å². The molecule has 1 aromatic carbocycles. The van der Waals surface area contributed by atoms with Crippen LogP contribution in [0.5, 0.6) is 0 Å². The fourth-order valence-corrected chi connectivity index (χ4v) is 4.36. The second-order valence-electron chi connectivity index (χ2n) is 7.17. The van der Waals surface area contributed by atoms with Gasteiger partial charge in [0.1, 0.15) is 6.04 Å². The van der Waals surface area contributed by atoms with E-state index in [4.69, 9.17) is 0 Å². The fourth-order valence-electron chi connectivity index (χ4n) is 3.81. The van der Waals surface area contributed by atoms with Gasteiger partial charge in [0.2, 0.25) is 0 Å². The highest BCUT2D eigenvalue weighted by atomic mass is 32.1. The first-order valence-corrected chi connectivity index (χ1v) is 10.6. The molecule has 4 aromatic rings. The molecule has 156 valence electrons. The van der Waals surface area contributed by atoms with Gasteiger partial charge in [0.25, 0.3) is 5.91 Å². The SMILES string of the molecule is O=C(O)[C@@H]1CCCN1C(=O)c1cccn2c(-c3ccc(Nc4nccs4)cc3)nnc12. The largest absolute Gasteiger partial charge is 0.480 e. The Morgan fingerprint density at radius 1 is 1.16 bits per heavy atom. The molecular weight excluding hydrogens is 416 g/mol. The Kier molecular flexibility index (Phi) is 4.83. The normalized spacial score (nSPS) is 16.0. The van der Waals surface area contributed by atoms with Crippen LogP contribution in [0.25, 0.3) is 17.0 Å². The number of nitrogens with zero attached hydrogens (tertiary/aromatic N) is 5. The van der Waals surface area contributed by atoms with E-state index in [1.807, 2.05) is 29.6 Å². The number of amides is 1. The summed E-state index contributed by atoms with van der Waals surface area (Å²) in [6.07, 6.45) is 4.67. The fraction of sp³-hybridized carbons (Fsp3) is 0.190. The maximum Gasteiger partial charge on any atom is 0.326 e. The second-order valence-corrected chi connectivity index (χ2v) is 8.07. The average Bonchev–Trinajstić information content (AvgIpc) is 3.54. The number of hydrogen-bond acceptors (Lipinski definition) is 7. The van der Waals surface area contributed by atoms with Crippen LogP contribution in [0.3, 0.4) is 0 Å². The lowest BCUT2D eigenvalue weighted by Crippen LogP contribution is -2.40. The Bertz CT molecular complexity index is 1250. The average molecular weight is 434 g/mol. The number of carboxylic acid groups (broad SMARTS) is 1. The van der Waals surface area contributed by atoms with Crippen LogP contribution >= 0.6 is 11.3 Å². The van der Waals surface area contributed by atoms with Crippen molar-refractivity contribution in [1.29, 1.82) is 0 Å². The van der Waals surface area contributed by atoms with E-state index in [-0.39, 0.29) is 5.91 Å². The molecule has 1 atom stereocenters. The molecule has 4 heterocycles. The minimum absolute atomic E-state index is 0.336. The van der Waals surface area contributed by atoms with Gasteiger partial charge in [-0.2, -0.15) is 0 Å². The summed E-state index contributed by atoms with van der Waals surface area (Å²) < 4.78 is 1.75. The Hall–Kier alpha value is -3.79. The van der Waals surface area contributed by atoms with Gasteiger partial charge in [-0.1, -0.05) is 0 Å². The van der Waals surface area contributed by atoms with Gasteiger partial charge in [0.05, 0.1) is 5.56 Å². The van der Waals surface area contributed by atoms with E-state index in [0.29, 0.717) is 36.4 Å². The molecule has 1 aliphatic heterocycles. The Balaban J connectivity index is 1.45. The highest BCUT2D eigenvalue weighted by molar-refractivity contribution is 7.13. The molecule has 1 fully saturated rings. The number of thiazole rings is 1. The topological polar surface area (TPSA) is 113 Å². The molecule has 0 unspecified atom stereocenters. The molecule has 0 bridgehead atoms. The van der Waals surface area contributed by atoms with Crippen LogP contribution in [-0.2, 0) is 4.79 Å². The lowest BCUT2D eigenvalue weighted by Gasteiger charge is -2.21. The molecule has 0 spiro atoms. The highest BCUT2D eigenvalue weighted by Crippen LogP contribution is 2.26. The second kappa shape index (κ2) is 7.80. The Morgan fingerprint density at radius 3 is 2.74 bits per heavy atom. The third-order valence-corrected chi connectivity index (χ3v) is 5.98. The van der Waals surface area contributed by atoms with E-state index >= 15 is 0 Å². The number of hydrogen-bond donors (Lipinski definition) is 2. The van der Waals surface area contributed by atoms with Crippen LogP contribution in [0, 0.1) is 0 Å². The van der Waals surface area contributed by atoms with Crippen molar-refractivity contribution in [2.45, 2.75) is 18.9 Å². The van der Waals surface area contributed by atoms with Gasteiger partial charge < -0.3 is 15.3 Å². The van der Waals surface area contributed by atoms with Crippen molar-refractivity contribution >= 4 is 39.7 Å². The van der Waals surface area contributed by atoms with Crippen LogP contribution in [-0.4, -0.2) is 54.1 Å². The van der Waals surface area contributed by atoms with E-state index in [9.17, 15) is 14.7 Å². The zero-order chi connectivity index (χ0) is 21.4. The van der Waals surface area contributed by atoms with Crippen LogP contribution in [0.4, 0.5) is 10.8 Å². The molecule has 9 nitrogen and oxygen atoms in total. The highest BCUT2D eigenvalue weighted by Gasteiger charge is 2.35. The van der Waals surface area contributed by atoms with Crippen LogP contribution < -0.4 is 5.32 Å². The maximum absolute atomic E-state index is 13.1. The summed E-state index contributed by atoms with van der Waals surface area (Å²) in [5.41, 5.74) is 2.49. The molecule has 31 heavy (non-hydrogen) atoms. The van der Waals surface area contributed by atoms with Crippen LogP contribution in [0.1, 0.15) is 23.2 Å². The number of aromatic nitrogens is 4. The van der Waals surface area contributed by atoms with Crippen molar-refractivity contribution in [3.8, 4) is 11.4 Å². The van der Waals surface area contributed by atoms with Crippen LogP contribution in [0.15, 0.2) is 54.2 Å². The Morgan fingerprint density at radius 2 is 2.00 bits per heavy atom. The number of benzene rings is 1. The molecular formula is C21H18N6O3S. The smallest absolute Gasteiger partial charge is 0.326 e. The molecule has 10 heteroatoms. The zero-order valence-corrected chi connectivity index (χ0v) is 17.1. The van der Waals surface area contributed by atoms with Crippen molar-refractivity contribution < 1.29 is 14.7 Å². The molecule has 1 amide bonds. The molecule has 2 N–H and O–H groups in total. The molecule has 1 saturated heterocycles. The number of carbonyl (C=O) groups is 2. The lowest BCUT2D eigenvalue weighted by molar-refractivity contribution is -0.141. The molecule has 0 saturated carbocycles. The third kappa shape index (κ3) is 3.50. The first kappa shape index (κ1) is 19.2. The summed E-state index contributed by atoms with van der Waals surface area (Å²) >= 11 is 1.52. The van der Waals surface area contributed by atoms with Crippen molar-refractivity contribution in [3.63, 3.8) is 0 Å². The van der Waals surface area contributed by atoms with Gasteiger partial charge in [-0.3, -0.25) is 9.20 Å². The van der Waals surface area contributed by atoms with Crippen molar-refractivity contribution in [3.05, 3.63) is 59.7 Å². The predicted octanol–water partition coefficient (Wildman–Crippen LogP) is 3.29. The van der Waals surface area contributed by atoms with E-state index < -0.39 is 12.0 Å². The summed E-state index contributed by atoms with van der Waals surface area (Å²) in [6.45, 7) is 0.422. The van der Waals surface area contributed by atoms with Gasteiger partial charge in [-0.05, 0) is 49.2 Å². The van der Waals surface area contributed by atoms with E-state index in [2.05, 4.69) is 20.5 Å². The zero-order valence-electron chi connectivity index (χ0n) is 16.3. The lowest BCUT2D eigenvalue weighted by atomic mass is 10.1. The Labute approximate surface area is 181 Å². The van der Waals surface area contributed by atoms with E-state index in [1.54, 1.807) is 28.9 Å². The van der Waals surface area contributed by atoms with Crippen molar-refractivity contribution in [2.24, 2.45) is 0 Å². The first-order valence-electron chi connectivity index (χ1n) is 9.76.